The summed E-state index contributed by atoms with van der Waals surface area (Å²) in [5, 5.41) is -0.0311. The van der Waals surface area contributed by atoms with E-state index in [1.165, 1.54) is 12.3 Å². The second kappa shape index (κ2) is 6.05. The third-order valence-corrected chi connectivity index (χ3v) is 5.26. The lowest BCUT2D eigenvalue weighted by Gasteiger charge is -2.35. The molecule has 1 heterocycles. The Hall–Kier alpha value is -0.210. The van der Waals surface area contributed by atoms with Crippen molar-refractivity contribution in [2.45, 2.75) is 36.8 Å². The topological polar surface area (TPSA) is 68.3 Å². The van der Waals surface area contributed by atoms with Gasteiger partial charge in [0, 0.05) is 23.3 Å². The Morgan fingerprint density at radius 1 is 1.58 bits per heavy atom. The van der Waals surface area contributed by atoms with Crippen LogP contribution < -0.4 is 4.72 Å². The number of halogens is 2. The summed E-state index contributed by atoms with van der Waals surface area (Å²) >= 11 is 9.01. The van der Waals surface area contributed by atoms with Gasteiger partial charge in [-0.1, -0.05) is 11.6 Å². The highest BCUT2D eigenvalue weighted by molar-refractivity contribution is 9.10. The fraction of sp³-hybridized carbons (Fsp3) is 0.545. The van der Waals surface area contributed by atoms with Gasteiger partial charge < -0.3 is 4.74 Å². The van der Waals surface area contributed by atoms with Gasteiger partial charge >= 0.3 is 0 Å². The zero-order valence-corrected chi connectivity index (χ0v) is 13.4. The molecule has 0 saturated heterocycles. The summed E-state index contributed by atoms with van der Waals surface area (Å²) in [6.45, 7) is 2.57. The summed E-state index contributed by atoms with van der Waals surface area (Å²) in [6.07, 6.45) is 2.97. The molecule has 106 valence electrons. The minimum atomic E-state index is -3.64. The molecule has 1 aliphatic rings. The third-order valence-electron chi connectivity index (χ3n) is 2.88. The molecule has 1 aliphatic carbocycles. The van der Waals surface area contributed by atoms with Crippen LogP contribution in [0, 0.1) is 0 Å². The zero-order valence-electron chi connectivity index (χ0n) is 10.3. The zero-order chi connectivity index (χ0) is 14.0. The Morgan fingerprint density at radius 2 is 2.26 bits per heavy atom. The molecule has 5 nitrogen and oxygen atoms in total. The predicted molar refractivity (Wildman–Crippen MR) is 75.7 cm³/mol. The lowest BCUT2D eigenvalue weighted by molar-refractivity contribution is -0.00475. The van der Waals surface area contributed by atoms with Gasteiger partial charge in [-0.2, -0.15) is 0 Å². The van der Waals surface area contributed by atoms with E-state index in [1.807, 2.05) is 6.92 Å². The first kappa shape index (κ1) is 15.2. The van der Waals surface area contributed by atoms with Crippen LogP contribution in [0.25, 0.3) is 0 Å². The number of ether oxygens (including phenoxy) is 1. The average Bonchev–Trinajstić information content (AvgIpc) is 2.29. The molecule has 0 aromatic carbocycles. The molecular weight excluding hydrogens is 356 g/mol. The maximum absolute atomic E-state index is 12.2. The quantitative estimate of drug-likeness (QED) is 0.809. The molecule has 0 bridgehead atoms. The van der Waals surface area contributed by atoms with E-state index in [0.29, 0.717) is 23.9 Å². The van der Waals surface area contributed by atoms with Crippen LogP contribution in [0.4, 0.5) is 0 Å². The van der Waals surface area contributed by atoms with Crippen LogP contribution in [0.3, 0.4) is 0 Å². The largest absolute Gasteiger partial charge is 0.378 e. The highest BCUT2D eigenvalue weighted by atomic mass is 79.9. The van der Waals surface area contributed by atoms with Crippen molar-refractivity contribution in [2.75, 3.05) is 6.61 Å². The van der Waals surface area contributed by atoms with Crippen molar-refractivity contribution in [3.05, 3.63) is 21.9 Å². The summed E-state index contributed by atoms with van der Waals surface area (Å²) in [5.74, 6) is 0. The first-order valence-corrected chi connectivity index (χ1v) is 8.52. The maximum atomic E-state index is 12.2. The molecule has 1 aromatic rings. The molecule has 0 atom stereocenters. The molecule has 19 heavy (non-hydrogen) atoms. The summed E-state index contributed by atoms with van der Waals surface area (Å²) in [6, 6.07) is 1.34. The molecule has 1 saturated carbocycles. The number of sulfonamides is 1. The Kier molecular flexibility index (Phi) is 4.84. The molecule has 0 radical (unpaired) electrons. The second-order valence-electron chi connectivity index (χ2n) is 4.31. The molecule has 1 aromatic heterocycles. The van der Waals surface area contributed by atoms with Gasteiger partial charge in [-0.3, -0.25) is 0 Å². The van der Waals surface area contributed by atoms with Gasteiger partial charge in [-0.05, 0) is 41.8 Å². The smallest absolute Gasteiger partial charge is 0.243 e. The van der Waals surface area contributed by atoms with E-state index < -0.39 is 10.0 Å². The SMILES string of the molecule is CCOC1CC(NS(=O)(=O)c2cc(Br)cnc2Cl)C1. The molecule has 0 aliphatic heterocycles. The minimum absolute atomic E-state index is 0.0107. The standard InChI is InChI=1S/C11H14BrClN2O3S/c1-2-18-9-4-8(5-9)15-19(16,17)10-3-7(12)6-14-11(10)13/h3,6,8-9,15H,2,4-5H2,1H3. The third kappa shape index (κ3) is 3.66. The van der Waals surface area contributed by atoms with Crippen LogP contribution in [0.1, 0.15) is 19.8 Å². The van der Waals surface area contributed by atoms with Gasteiger partial charge in [0.25, 0.3) is 0 Å². The average molecular weight is 370 g/mol. The number of hydrogen-bond acceptors (Lipinski definition) is 4. The van der Waals surface area contributed by atoms with Gasteiger partial charge in [-0.25, -0.2) is 18.1 Å². The van der Waals surface area contributed by atoms with Crippen molar-refractivity contribution in [1.82, 2.24) is 9.71 Å². The van der Waals surface area contributed by atoms with E-state index in [4.69, 9.17) is 16.3 Å². The molecule has 1 fully saturated rings. The highest BCUT2D eigenvalue weighted by Crippen LogP contribution is 2.27. The normalized spacial score (nSPS) is 23.1. The molecule has 0 unspecified atom stereocenters. The van der Waals surface area contributed by atoms with E-state index >= 15 is 0 Å². The molecule has 1 N–H and O–H groups in total. The fourth-order valence-electron chi connectivity index (χ4n) is 1.91. The molecule has 0 amide bonds. The van der Waals surface area contributed by atoms with Crippen molar-refractivity contribution in [1.29, 1.82) is 0 Å². The Morgan fingerprint density at radius 3 is 2.89 bits per heavy atom. The van der Waals surface area contributed by atoms with Crippen LogP contribution in [0.15, 0.2) is 21.6 Å². The van der Waals surface area contributed by atoms with E-state index in [-0.39, 0.29) is 22.2 Å². The van der Waals surface area contributed by atoms with Crippen molar-refractivity contribution in [3.63, 3.8) is 0 Å². The van der Waals surface area contributed by atoms with Crippen LogP contribution in [0.2, 0.25) is 5.15 Å². The van der Waals surface area contributed by atoms with Gasteiger partial charge in [-0.15, -0.1) is 0 Å². The Bertz CT molecular complexity index is 561. The number of hydrogen-bond donors (Lipinski definition) is 1. The van der Waals surface area contributed by atoms with Crippen LogP contribution in [-0.2, 0) is 14.8 Å². The summed E-state index contributed by atoms with van der Waals surface area (Å²) in [5.41, 5.74) is 0. The number of nitrogens with zero attached hydrogens (tertiary/aromatic N) is 1. The summed E-state index contributed by atoms with van der Waals surface area (Å²) in [7, 11) is -3.64. The number of rotatable bonds is 5. The van der Waals surface area contributed by atoms with E-state index in [2.05, 4.69) is 25.6 Å². The number of nitrogens with one attached hydrogen (secondary N) is 1. The predicted octanol–water partition coefficient (Wildman–Crippen LogP) is 2.34. The highest BCUT2D eigenvalue weighted by Gasteiger charge is 2.33. The van der Waals surface area contributed by atoms with Crippen molar-refractivity contribution < 1.29 is 13.2 Å². The van der Waals surface area contributed by atoms with Gasteiger partial charge in [0.05, 0.1) is 6.10 Å². The first-order valence-electron chi connectivity index (χ1n) is 5.87. The van der Waals surface area contributed by atoms with Crippen LogP contribution in [-0.4, -0.2) is 32.2 Å². The molecule has 8 heteroatoms. The number of pyridine rings is 1. The van der Waals surface area contributed by atoms with Crippen LogP contribution in [0.5, 0.6) is 0 Å². The van der Waals surface area contributed by atoms with Crippen molar-refractivity contribution in [2.24, 2.45) is 0 Å². The molecule has 2 rings (SSSR count). The Labute approximate surface area is 125 Å². The van der Waals surface area contributed by atoms with Gasteiger partial charge in [0.1, 0.15) is 10.0 Å². The first-order chi connectivity index (χ1) is 8.92. The van der Waals surface area contributed by atoms with E-state index in [1.54, 1.807) is 0 Å². The van der Waals surface area contributed by atoms with Gasteiger partial charge in [0.15, 0.2) is 0 Å². The maximum Gasteiger partial charge on any atom is 0.243 e. The lowest BCUT2D eigenvalue weighted by Crippen LogP contribution is -2.47. The van der Waals surface area contributed by atoms with Crippen molar-refractivity contribution in [3.8, 4) is 0 Å². The van der Waals surface area contributed by atoms with E-state index in [0.717, 1.165) is 0 Å². The van der Waals surface area contributed by atoms with Crippen molar-refractivity contribution >= 4 is 37.6 Å². The Balaban J connectivity index is 2.05. The molecule has 0 spiro atoms. The summed E-state index contributed by atoms with van der Waals surface area (Å²) in [4.78, 5) is 3.80. The summed E-state index contributed by atoms with van der Waals surface area (Å²) < 4.78 is 32.9. The van der Waals surface area contributed by atoms with Gasteiger partial charge in [0.2, 0.25) is 10.0 Å². The molecular formula is C11H14BrClN2O3S. The van der Waals surface area contributed by atoms with E-state index in [9.17, 15) is 8.42 Å². The lowest BCUT2D eigenvalue weighted by atomic mass is 9.90. The minimum Gasteiger partial charge on any atom is -0.378 e. The fourth-order valence-corrected chi connectivity index (χ4v) is 4.11. The number of aromatic nitrogens is 1. The second-order valence-corrected chi connectivity index (χ2v) is 7.27. The monoisotopic (exact) mass is 368 g/mol. The van der Waals surface area contributed by atoms with Crippen LogP contribution >= 0.6 is 27.5 Å².